The molecule has 5 nitrogen and oxygen atoms in total. The van der Waals surface area contributed by atoms with Crippen LogP contribution in [0.5, 0.6) is 0 Å². The molecule has 0 radical (unpaired) electrons. The van der Waals surface area contributed by atoms with Crippen molar-refractivity contribution < 1.29 is 9.18 Å². The Morgan fingerprint density at radius 3 is 2.85 bits per heavy atom. The maximum absolute atomic E-state index is 13.1. The van der Waals surface area contributed by atoms with Gasteiger partial charge in [0.15, 0.2) is 0 Å². The molecular formula is C20H25FN4O. The van der Waals surface area contributed by atoms with Crippen LogP contribution in [0.3, 0.4) is 0 Å². The van der Waals surface area contributed by atoms with Gasteiger partial charge in [-0.2, -0.15) is 5.10 Å². The molecule has 0 spiro atoms. The zero-order valence-electron chi connectivity index (χ0n) is 15.1. The zero-order valence-corrected chi connectivity index (χ0v) is 15.1. The summed E-state index contributed by atoms with van der Waals surface area (Å²) in [5.74, 6) is 0.698. The van der Waals surface area contributed by atoms with Crippen molar-refractivity contribution in [3.8, 4) is 0 Å². The number of hydrogen-bond acceptors (Lipinski definition) is 3. The van der Waals surface area contributed by atoms with E-state index in [0.29, 0.717) is 5.92 Å². The number of carbonyl (C=O) groups is 1. The first kappa shape index (κ1) is 17.2. The summed E-state index contributed by atoms with van der Waals surface area (Å²) < 4.78 is 14.8. The molecule has 2 fully saturated rings. The Morgan fingerprint density at radius 2 is 2.12 bits per heavy atom. The van der Waals surface area contributed by atoms with E-state index >= 15 is 0 Å². The maximum atomic E-state index is 13.1. The third-order valence-corrected chi connectivity index (χ3v) is 5.72. The van der Waals surface area contributed by atoms with Gasteiger partial charge in [0.2, 0.25) is 5.91 Å². The highest BCUT2D eigenvalue weighted by molar-refractivity contribution is 5.81. The van der Waals surface area contributed by atoms with Crippen molar-refractivity contribution in [3.63, 3.8) is 0 Å². The van der Waals surface area contributed by atoms with Crippen LogP contribution >= 0.6 is 0 Å². The number of aryl methyl sites for hydroxylation is 1. The zero-order chi connectivity index (χ0) is 18.1. The minimum Gasteiger partial charge on any atom is -0.342 e. The number of rotatable bonds is 4. The summed E-state index contributed by atoms with van der Waals surface area (Å²) in [7, 11) is 1.91. The summed E-state index contributed by atoms with van der Waals surface area (Å²) in [4.78, 5) is 15.1. The smallest absolute Gasteiger partial charge is 0.227 e. The topological polar surface area (TPSA) is 50.2 Å². The molecule has 1 amide bonds. The molecule has 26 heavy (non-hydrogen) atoms. The number of likely N-dealkylation sites (tertiary alicyclic amines) is 1. The van der Waals surface area contributed by atoms with E-state index < -0.39 is 0 Å². The summed E-state index contributed by atoms with van der Waals surface area (Å²) >= 11 is 0. The van der Waals surface area contributed by atoms with Crippen molar-refractivity contribution in [1.82, 2.24) is 20.0 Å². The SMILES string of the molecule is Cn1cc([C@H]2CNC[C@@H]2C(=O)N2CCC(Cc3ccc(F)cc3)C2)cn1. The van der Waals surface area contributed by atoms with Crippen LogP contribution < -0.4 is 5.32 Å². The van der Waals surface area contributed by atoms with Crippen LogP contribution in [0.2, 0.25) is 0 Å². The molecule has 4 rings (SSSR count). The molecule has 6 heteroatoms. The minimum atomic E-state index is -0.202. The van der Waals surface area contributed by atoms with E-state index in [0.717, 1.165) is 50.1 Å². The van der Waals surface area contributed by atoms with Crippen molar-refractivity contribution in [2.45, 2.75) is 18.8 Å². The van der Waals surface area contributed by atoms with E-state index in [4.69, 9.17) is 0 Å². The van der Waals surface area contributed by atoms with E-state index in [1.165, 1.54) is 12.1 Å². The first-order valence-electron chi connectivity index (χ1n) is 9.32. The van der Waals surface area contributed by atoms with E-state index in [1.54, 1.807) is 4.68 Å². The average molecular weight is 356 g/mol. The van der Waals surface area contributed by atoms with Gasteiger partial charge in [0, 0.05) is 45.3 Å². The number of amides is 1. The Bertz CT molecular complexity index is 772. The fourth-order valence-electron chi connectivity index (χ4n) is 4.31. The lowest BCUT2D eigenvalue weighted by Gasteiger charge is -2.24. The van der Waals surface area contributed by atoms with Gasteiger partial charge in [0.05, 0.1) is 12.1 Å². The quantitative estimate of drug-likeness (QED) is 0.911. The van der Waals surface area contributed by atoms with Gasteiger partial charge in [-0.3, -0.25) is 9.48 Å². The average Bonchev–Trinajstić information content (AvgIpc) is 3.36. The van der Waals surface area contributed by atoms with Crippen LogP contribution in [-0.4, -0.2) is 46.8 Å². The van der Waals surface area contributed by atoms with Gasteiger partial charge in [-0.05, 0) is 42.0 Å². The summed E-state index contributed by atoms with van der Waals surface area (Å²) in [5, 5.41) is 7.63. The van der Waals surface area contributed by atoms with E-state index in [1.807, 2.05) is 36.5 Å². The lowest BCUT2D eigenvalue weighted by Crippen LogP contribution is -2.37. The molecule has 1 aromatic heterocycles. The van der Waals surface area contributed by atoms with Gasteiger partial charge in [-0.1, -0.05) is 12.1 Å². The highest BCUT2D eigenvalue weighted by Crippen LogP contribution is 2.31. The van der Waals surface area contributed by atoms with E-state index in [9.17, 15) is 9.18 Å². The number of aromatic nitrogens is 2. The summed E-state index contributed by atoms with van der Waals surface area (Å²) in [6, 6.07) is 6.71. The normalized spacial score (nSPS) is 25.8. The molecule has 138 valence electrons. The fraction of sp³-hybridized carbons (Fsp3) is 0.500. The van der Waals surface area contributed by atoms with Crippen molar-refractivity contribution in [2.24, 2.45) is 18.9 Å². The molecule has 0 aliphatic carbocycles. The van der Waals surface area contributed by atoms with Gasteiger partial charge in [-0.15, -0.1) is 0 Å². The maximum Gasteiger partial charge on any atom is 0.227 e. The van der Waals surface area contributed by atoms with Gasteiger partial charge in [0.25, 0.3) is 0 Å². The largest absolute Gasteiger partial charge is 0.342 e. The van der Waals surface area contributed by atoms with E-state index in [-0.39, 0.29) is 23.6 Å². The number of nitrogens with zero attached hydrogens (tertiary/aromatic N) is 3. The predicted molar refractivity (Wildman–Crippen MR) is 97.1 cm³/mol. The van der Waals surface area contributed by atoms with Crippen LogP contribution in [-0.2, 0) is 18.3 Å². The Hall–Kier alpha value is -2.21. The van der Waals surface area contributed by atoms with Crippen molar-refractivity contribution in [2.75, 3.05) is 26.2 Å². The molecule has 3 atom stereocenters. The summed E-state index contributed by atoms with van der Waals surface area (Å²) in [6.45, 7) is 3.18. The van der Waals surface area contributed by atoms with Gasteiger partial charge >= 0.3 is 0 Å². The first-order valence-corrected chi connectivity index (χ1v) is 9.32. The van der Waals surface area contributed by atoms with Crippen LogP contribution in [0.1, 0.15) is 23.5 Å². The molecule has 2 aliphatic heterocycles. The molecule has 2 aliphatic rings. The molecule has 1 aromatic carbocycles. The van der Waals surface area contributed by atoms with E-state index in [2.05, 4.69) is 10.4 Å². The highest BCUT2D eigenvalue weighted by atomic mass is 19.1. The Kier molecular flexibility index (Phi) is 4.76. The van der Waals surface area contributed by atoms with Crippen LogP contribution in [0.15, 0.2) is 36.7 Å². The lowest BCUT2D eigenvalue weighted by molar-refractivity contribution is -0.134. The Balaban J connectivity index is 1.38. The highest BCUT2D eigenvalue weighted by Gasteiger charge is 2.39. The molecule has 1 N–H and O–H groups in total. The van der Waals surface area contributed by atoms with Crippen molar-refractivity contribution >= 4 is 5.91 Å². The monoisotopic (exact) mass is 356 g/mol. The number of carbonyl (C=O) groups excluding carboxylic acids is 1. The third kappa shape index (κ3) is 3.51. The Labute approximate surface area is 153 Å². The number of halogens is 1. The molecule has 0 bridgehead atoms. The number of hydrogen-bond donors (Lipinski definition) is 1. The lowest BCUT2D eigenvalue weighted by atomic mass is 9.90. The van der Waals surface area contributed by atoms with Crippen LogP contribution in [0, 0.1) is 17.7 Å². The van der Waals surface area contributed by atoms with Gasteiger partial charge in [-0.25, -0.2) is 4.39 Å². The fourth-order valence-corrected chi connectivity index (χ4v) is 4.31. The molecule has 0 saturated carbocycles. The van der Waals surface area contributed by atoms with Gasteiger partial charge < -0.3 is 10.2 Å². The second-order valence-electron chi connectivity index (χ2n) is 7.59. The van der Waals surface area contributed by atoms with Crippen molar-refractivity contribution in [3.05, 3.63) is 53.6 Å². The number of benzene rings is 1. The summed E-state index contributed by atoms with van der Waals surface area (Å²) in [6.07, 6.45) is 5.80. The predicted octanol–water partition coefficient (Wildman–Crippen LogP) is 1.95. The second-order valence-corrected chi connectivity index (χ2v) is 7.59. The van der Waals surface area contributed by atoms with Gasteiger partial charge in [0.1, 0.15) is 5.82 Å². The molecule has 2 saturated heterocycles. The molecule has 1 unspecified atom stereocenters. The standard InChI is InChI=1S/C20H25FN4O/c1-24-13-16(9-23-24)18-10-22-11-19(18)20(26)25-7-6-15(12-25)8-14-2-4-17(21)5-3-14/h2-5,9,13,15,18-19,22H,6-8,10-12H2,1H3/t15?,18-,19+/m1/s1. The van der Waals surface area contributed by atoms with Crippen LogP contribution in [0.4, 0.5) is 4.39 Å². The first-order chi connectivity index (χ1) is 12.6. The molecular weight excluding hydrogens is 331 g/mol. The Morgan fingerprint density at radius 1 is 1.31 bits per heavy atom. The molecule has 3 heterocycles. The second kappa shape index (κ2) is 7.19. The van der Waals surface area contributed by atoms with Crippen LogP contribution in [0.25, 0.3) is 0 Å². The third-order valence-electron chi connectivity index (χ3n) is 5.72. The molecule has 2 aromatic rings. The number of nitrogens with one attached hydrogen (secondary N) is 1. The van der Waals surface area contributed by atoms with Crippen molar-refractivity contribution in [1.29, 1.82) is 0 Å². The summed E-state index contributed by atoms with van der Waals surface area (Å²) in [5.41, 5.74) is 2.28. The minimum absolute atomic E-state index is 0.0104.